The molecule has 1 unspecified atom stereocenters. The first-order chi connectivity index (χ1) is 14.7. The summed E-state index contributed by atoms with van der Waals surface area (Å²) in [5.41, 5.74) is 1.93. The Bertz CT molecular complexity index is 812. The molecule has 0 spiro atoms. The Kier molecular flexibility index (Phi) is 11.3. The number of imidazole rings is 1. The van der Waals surface area contributed by atoms with Crippen molar-refractivity contribution in [2.24, 2.45) is 0 Å². The molecule has 1 N–H and O–H groups in total. The van der Waals surface area contributed by atoms with E-state index in [1.54, 1.807) is 0 Å². The van der Waals surface area contributed by atoms with Gasteiger partial charge in [-0.2, -0.15) is 5.26 Å². The normalized spacial score (nSPS) is 11.5. The second-order valence-electron chi connectivity index (χ2n) is 7.90. The summed E-state index contributed by atoms with van der Waals surface area (Å²) in [6.07, 6.45) is 16.8. The molecule has 3 rings (SSSR count). The van der Waals surface area contributed by atoms with E-state index in [0.717, 1.165) is 23.5 Å². The lowest BCUT2D eigenvalue weighted by atomic mass is 10.1. The number of unbranched alkanes of at least 4 members (excludes halogenated alkanes) is 8. The summed E-state index contributed by atoms with van der Waals surface area (Å²) in [6.45, 7) is 4.15. The molecule has 2 heterocycles. The predicted molar refractivity (Wildman–Crippen MR) is 125 cm³/mol. The van der Waals surface area contributed by atoms with E-state index in [2.05, 4.69) is 40.1 Å². The summed E-state index contributed by atoms with van der Waals surface area (Å²) in [7, 11) is 0. The molecule has 1 atom stereocenters. The van der Waals surface area contributed by atoms with Crippen LogP contribution in [0, 0.1) is 11.3 Å². The van der Waals surface area contributed by atoms with Crippen molar-refractivity contribution in [3.05, 3.63) is 60.3 Å². The number of para-hydroxylation sites is 1. The van der Waals surface area contributed by atoms with Gasteiger partial charge >= 0.3 is 0 Å². The molecule has 0 fully saturated rings. The van der Waals surface area contributed by atoms with Crippen LogP contribution in [0.3, 0.4) is 0 Å². The molecule has 0 radical (unpaired) electrons. The number of hydrogen-bond acceptors (Lipinski definition) is 3. The molecule has 2 aromatic heterocycles. The molecule has 0 saturated heterocycles. The van der Waals surface area contributed by atoms with E-state index >= 15 is 0 Å². The van der Waals surface area contributed by atoms with Gasteiger partial charge in [-0.25, -0.2) is 4.98 Å². The fourth-order valence-electron chi connectivity index (χ4n) is 3.41. The van der Waals surface area contributed by atoms with Gasteiger partial charge in [0.25, 0.3) is 0 Å². The number of rotatable bonds is 11. The highest BCUT2D eigenvalue weighted by atomic mass is 14.9. The molecule has 1 aromatic carbocycles. The number of aromatic nitrogens is 3. The first kappa shape index (κ1) is 23.6. The lowest BCUT2D eigenvalue weighted by Crippen LogP contribution is -1.92. The molecule has 0 aliphatic carbocycles. The molecule has 4 heteroatoms. The van der Waals surface area contributed by atoms with Crippen molar-refractivity contribution in [1.29, 1.82) is 5.26 Å². The van der Waals surface area contributed by atoms with E-state index in [-0.39, 0.29) is 5.92 Å². The quantitative estimate of drug-likeness (QED) is 0.340. The minimum atomic E-state index is -0.108. The van der Waals surface area contributed by atoms with Crippen LogP contribution in [0.4, 0.5) is 0 Å². The lowest BCUT2D eigenvalue weighted by Gasteiger charge is -2.01. The second kappa shape index (κ2) is 14.3. The Hall–Kier alpha value is -2.67. The number of benzene rings is 1. The average Bonchev–Trinajstić information content (AvgIpc) is 3.27. The molecule has 0 amide bonds. The number of aromatic amines is 1. The number of pyridine rings is 1. The van der Waals surface area contributed by atoms with Crippen LogP contribution < -0.4 is 0 Å². The number of nitrogens with zero attached hydrogens (tertiary/aromatic N) is 3. The minimum absolute atomic E-state index is 0.108. The van der Waals surface area contributed by atoms with E-state index in [4.69, 9.17) is 5.26 Å². The predicted octanol–water partition coefficient (Wildman–Crippen LogP) is 7.34. The third-order valence-electron chi connectivity index (χ3n) is 5.32. The SMILES string of the molecule is CCCCCCCCCCCc1nc(C(C)C#N)c[nH]1.c1ccc2ncccc2c1. The first-order valence-corrected chi connectivity index (χ1v) is 11.5. The van der Waals surface area contributed by atoms with Crippen molar-refractivity contribution in [1.82, 2.24) is 15.0 Å². The Labute approximate surface area is 181 Å². The highest BCUT2D eigenvalue weighted by Gasteiger charge is 2.08. The van der Waals surface area contributed by atoms with Crippen LogP contribution in [0.15, 0.2) is 48.8 Å². The largest absolute Gasteiger partial charge is 0.348 e. The number of aryl methyl sites for hydroxylation is 1. The van der Waals surface area contributed by atoms with Gasteiger partial charge in [-0.15, -0.1) is 0 Å². The van der Waals surface area contributed by atoms with Gasteiger partial charge in [0.2, 0.25) is 0 Å². The van der Waals surface area contributed by atoms with Crippen LogP contribution >= 0.6 is 0 Å². The fraction of sp³-hybridized carbons (Fsp3) is 0.500. The highest BCUT2D eigenvalue weighted by molar-refractivity contribution is 5.77. The van der Waals surface area contributed by atoms with Crippen LogP contribution in [0.5, 0.6) is 0 Å². The molecule has 0 aliphatic heterocycles. The van der Waals surface area contributed by atoms with Gasteiger partial charge in [0.05, 0.1) is 23.2 Å². The van der Waals surface area contributed by atoms with E-state index in [0.29, 0.717) is 0 Å². The third kappa shape index (κ3) is 8.78. The summed E-state index contributed by atoms with van der Waals surface area (Å²) in [5, 5.41) is 10.0. The maximum absolute atomic E-state index is 8.84. The van der Waals surface area contributed by atoms with Gasteiger partial charge < -0.3 is 4.98 Å². The summed E-state index contributed by atoms with van der Waals surface area (Å²) in [6, 6.07) is 14.3. The molecule has 3 aromatic rings. The van der Waals surface area contributed by atoms with Crippen LogP contribution in [0.25, 0.3) is 10.9 Å². The average molecular weight is 405 g/mol. The Morgan fingerprint density at radius 3 is 2.30 bits per heavy atom. The monoisotopic (exact) mass is 404 g/mol. The summed E-state index contributed by atoms with van der Waals surface area (Å²) < 4.78 is 0. The van der Waals surface area contributed by atoms with E-state index in [9.17, 15) is 0 Å². The molecular weight excluding hydrogens is 368 g/mol. The number of H-pyrrole nitrogens is 1. The van der Waals surface area contributed by atoms with Crippen molar-refractivity contribution in [2.75, 3.05) is 0 Å². The molecule has 0 bridgehead atoms. The summed E-state index contributed by atoms with van der Waals surface area (Å²) in [4.78, 5) is 11.8. The van der Waals surface area contributed by atoms with Gasteiger partial charge in [0.15, 0.2) is 0 Å². The zero-order chi connectivity index (χ0) is 21.4. The van der Waals surface area contributed by atoms with Crippen molar-refractivity contribution >= 4 is 10.9 Å². The number of nitrogens with one attached hydrogen (secondary N) is 1. The van der Waals surface area contributed by atoms with E-state index < -0.39 is 0 Å². The third-order valence-corrected chi connectivity index (χ3v) is 5.32. The lowest BCUT2D eigenvalue weighted by molar-refractivity contribution is 0.562. The van der Waals surface area contributed by atoms with Crippen molar-refractivity contribution in [2.45, 2.75) is 84.0 Å². The maximum atomic E-state index is 8.84. The van der Waals surface area contributed by atoms with Gasteiger partial charge in [0, 0.05) is 24.2 Å². The van der Waals surface area contributed by atoms with Gasteiger partial charge in [-0.1, -0.05) is 82.6 Å². The number of fused-ring (bicyclic) bond motifs is 1. The topological polar surface area (TPSA) is 65.4 Å². The zero-order valence-corrected chi connectivity index (χ0v) is 18.6. The maximum Gasteiger partial charge on any atom is 0.106 e. The van der Waals surface area contributed by atoms with Gasteiger partial charge in [0.1, 0.15) is 5.82 Å². The van der Waals surface area contributed by atoms with Crippen LogP contribution in [0.1, 0.15) is 89.1 Å². The Morgan fingerprint density at radius 1 is 0.933 bits per heavy atom. The molecule has 30 heavy (non-hydrogen) atoms. The van der Waals surface area contributed by atoms with Crippen LogP contribution in [0.2, 0.25) is 0 Å². The zero-order valence-electron chi connectivity index (χ0n) is 18.6. The molecule has 4 nitrogen and oxygen atoms in total. The summed E-state index contributed by atoms with van der Waals surface area (Å²) >= 11 is 0. The molecular formula is C26H36N4. The van der Waals surface area contributed by atoms with Crippen molar-refractivity contribution in [3.8, 4) is 6.07 Å². The smallest absolute Gasteiger partial charge is 0.106 e. The molecule has 160 valence electrons. The number of nitriles is 1. The van der Waals surface area contributed by atoms with Gasteiger partial charge in [-0.3, -0.25) is 4.98 Å². The number of hydrogen-bond donors (Lipinski definition) is 1. The second-order valence-corrected chi connectivity index (χ2v) is 7.90. The fourth-order valence-corrected chi connectivity index (χ4v) is 3.41. The van der Waals surface area contributed by atoms with Crippen molar-refractivity contribution < 1.29 is 0 Å². The van der Waals surface area contributed by atoms with Gasteiger partial charge in [-0.05, 0) is 25.5 Å². The standard InChI is InChI=1S/C17H29N3.C9H7N/c1-3-4-5-6-7-8-9-10-11-12-17-19-14-16(20-17)15(2)13-18;1-2-6-9-8(4-1)5-3-7-10-9/h14-15H,3-12H2,1-2H3,(H,19,20);1-7H. The summed E-state index contributed by atoms with van der Waals surface area (Å²) in [5.74, 6) is 0.924. The minimum Gasteiger partial charge on any atom is -0.348 e. The first-order valence-electron chi connectivity index (χ1n) is 11.5. The van der Waals surface area contributed by atoms with E-state index in [1.807, 2.05) is 43.6 Å². The van der Waals surface area contributed by atoms with Crippen LogP contribution in [-0.2, 0) is 6.42 Å². The molecule has 0 aliphatic rings. The van der Waals surface area contributed by atoms with E-state index in [1.165, 1.54) is 63.2 Å². The van der Waals surface area contributed by atoms with Crippen molar-refractivity contribution in [3.63, 3.8) is 0 Å². The highest BCUT2D eigenvalue weighted by Crippen LogP contribution is 2.14. The van der Waals surface area contributed by atoms with Crippen LogP contribution in [-0.4, -0.2) is 15.0 Å². The molecule has 0 saturated carbocycles. The Morgan fingerprint density at radius 2 is 1.60 bits per heavy atom. The Balaban J connectivity index is 0.000000263.